The number of para-hydroxylation sites is 1. The molecular weight excluding hydrogens is 570 g/mol. The quantitative estimate of drug-likeness (QED) is 0.201. The van der Waals surface area contributed by atoms with Gasteiger partial charge in [-0.05, 0) is 94.8 Å². The van der Waals surface area contributed by atoms with Crippen molar-refractivity contribution < 1.29 is 13.2 Å². The Labute approximate surface area is 255 Å². The van der Waals surface area contributed by atoms with Gasteiger partial charge >= 0.3 is 0 Å². The number of ether oxygens (including phenoxy) is 1. The van der Waals surface area contributed by atoms with Crippen molar-refractivity contribution in [2.45, 2.75) is 96.1 Å². The number of aryl methyl sites for hydroxylation is 1. The largest absolute Gasteiger partial charge is 0.489 e. The van der Waals surface area contributed by atoms with Gasteiger partial charge in [-0.2, -0.15) is 4.98 Å². The maximum absolute atomic E-state index is 13.0. The maximum atomic E-state index is 13.0. The first-order valence-corrected chi connectivity index (χ1v) is 16.5. The van der Waals surface area contributed by atoms with Crippen LogP contribution in [0, 0.1) is 6.92 Å². The third-order valence-corrected chi connectivity index (χ3v) is 9.83. The number of halogens is 1. The Bertz CT molecular complexity index is 1560. The summed E-state index contributed by atoms with van der Waals surface area (Å²) >= 11 is 6.46. The van der Waals surface area contributed by atoms with Crippen molar-refractivity contribution in [1.29, 1.82) is 0 Å². The molecule has 0 aliphatic carbocycles. The van der Waals surface area contributed by atoms with E-state index in [2.05, 4.69) is 64.9 Å². The molecule has 4 rings (SSSR count). The average molecular weight is 612 g/mol. The lowest BCUT2D eigenvalue weighted by atomic mass is 9.88. The molecule has 2 heterocycles. The molecule has 1 aliphatic heterocycles. The van der Waals surface area contributed by atoms with Crippen molar-refractivity contribution in [2.24, 2.45) is 0 Å². The van der Waals surface area contributed by atoms with Gasteiger partial charge in [0, 0.05) is 12.1 Å². The monoisotopic (exact) mass is 611 g/mol. The Morgan fingerprint density at radius 3 is 2.48 bits per heavy atom. The molecule has 0 fully saturated rings. The molecule has 0 unspecified atom stereocenters. The normalized spacial score (nSPS) is 17.3. The molecule has 1 aromatic heterocycles. The molecule has 0 saturated heterocycles. The van der Waals surface area contributed by atoms with Gasteiger partial charge in [-0.1, -0.05) is 43.7 Å². The first-order valence-electron chi connectivity index (χ1n) is 14.6. The molecule has 0 spiro atoms. The van der Waals surface area contributed by atoms with Crippen LogP contribution in [0.3, 0.4) is 0 Å². The van der Waals surface area contributed by atoms with Gasteiger partial charge in [-0.15, -0.1) is 0 Å². The van der Waals surface area contributed by atoms with Crippen LogP contribution in [0.4, 0.5) is 23.1 Å². The molecule has 0 radical (unpaired) electrons. The van der Waals surface area contributed by atoms with Crippen LogP contribution in [0.25, 0.3) is 5.57 Å². The second kappa shape index (κ2) is 13.4. The summed E-state index contributed by atoms with van der Waals surface area (Å²) in [6.07, 6.45) is 6.85. The van der Waals surface area contributed by atoms with E-state index in [1.807, 2.05) is 13.8 Å². The fraction of sp³-hybridized carbons (Fsp3) is 0.438. The van der Waals surface area contributed by atoms with Crippen LogP contribution >= 0.6 is 11.6 Å². The van der Waals surface area contributed by atoms with Gasteiger partial charge in [-0.3, -0.25) is 0 Å². The fourth-order valence-electron chi connectivity index (χ4n) is 5.00. The highest BCUT2D eigenvalue weighted by Gasteiger charge is 2.24. The third kappa shape index (κ3) is 7.25. The highest BCUT2D eigenvalue weighted by Crippen LogP contribution is 2.38. The Morgan fingerprint density at radius 2 is 1.81 bits per heavy atom. The zero-order chi connectivity index (χ0) is 30.6. The number of rotatable bonds is 11. The molecule has 2 aromatic carbocycles. The van der Waals surface area contributed by atoms with E-state index in [4.69, 9.17) is 16.3 Å². The molecule has 42 heavy (non-hydrogen) atoms. The van der Waals surface area contributed by atoms with E-state index in [0.29, 0.717) is 29.5 Å². The zero-order valence-corrected chi connectivity index (χ0v) is 27.0. The molecule has 2 atom stereocenters. The number of anilines is 4. The highest BCUT2D eigenvalue weighted by atomic mass is 35.5. The number of nitrogens with zero attached hydrogens (tertiary/aromatic N) is 2. The Hall–Kier alpha value is -3.14. The lowest BCUT2D eigenvalue weighted by Gasteiger charge is -2.30. The summed E-state index contributed by atoms with van der Waals surface area (Å²) in [6, 6.07) is 11.7. The minimum Gasteiger partial charge on any atom is -0.489 e. The molecule has 3 N–H and O–H groups in total. The molecule has 1 aliphatic rings. The molecule has 0 bridgehead atoms. The topological polar surface area (TPSA) is 105 Å². The van der Waals surface area contributed by atoms with Crippen LogP contribution in [0.15, 0.2) is 53.6 Å². The van der Waals surface area contributed by atoms with Gasteiger partial charge in [0.05, 0.1) is 33.8 Å². The minimum absolute atomic E-state index is 0.0438. The zero-order valence-electron chi connectivity index (χ0n) is 25.5. The van der Waals surface area contributed by atoms with E-state index < -0.39 is 15.1 Å². The molecule has 8 nitrogen and oxygen atoms in total. The molecule has 226 valence electrons. The van der Waals surface area contributed by atoms with Crippen LogP contribution in [0.2, 0.25) is 5.02 Å². The van der Waals surface area contributed by atoms with Crippen LogP contribution in [0.1, 0.15) is 71.9 Å². The Morgan fingerprint density at radius 1 is 1.07 bits per heavy atom. The first kappa shape index (κ1) is 31.8. The predicted molar refractivity (Wildman–Crippen MR) is 173 cm³/mol. The van der Waals surface area contributed by atoms with Crippen LogP contribution in [0.5, 0.6) is 5.75 Å². The number of benzene rings is 2. The SMILES string of the molecule is CC[C@@H]1CC(c2cc(OC(C)C)c(Nc3ncc(Cl)c(Nc4ccccc4S(=O)(=O)C(C)C)n3)cc2C)=C[C@@H](CC)N1. The van der Waals surface area contributed by atoms with Crippen LogP contribution in [-0.4, -0.2) is 41.8 Å². The molecule has 10 heteroatoms. The smallest absolute Gasteiger partial charge is 0.229 e. The lowest BCUT2D eigenvalue weighted by Crippen LogP contribution is -2.40. The van der Waals surface area contributed by atoms with Crippen molar-refractivity contribution in [2.75, 3.05) is 10.6 Å². The van der Waals surface area contributed by atoms with Gasteiger partial charge < -0.3 is 20.7 Å². The lowest BCUT2D eigenvalue weighted by molar-refractivity contribution is 0.243. The summed E-state index contributed by atoms with van der Waals surface area (Å²) in [7, 11) is -3.53. The number of hydrogen-bond donors (Lipinski definition) is 3. The van der Waals surface area contributed by atoms with Crippen molar-refractivity contribution in [3.63, 3.8) is 0 Å². The summed E-state index contributed by atoms with van der Waals surface area (Å²) in [5.74, 6) is 1.29. The van der Waals surface area contributed by atoms with Gasteiger partial charge in [0.25, 0.3) is 0 Å². The van der Waals surface area contributed by atoms with E-state index >= 15 is 0 Å². The van der Waals surface area contributed by atoms with Crippen molar-refractivity contribution in [3.05, 3.63) is 64.8 Å². The predicted octanol–water partition coefficient (Wildman–Crippen LogP) is 7.83. The minimum atomic E-state index is -3.53. The van der Waals surface area contributed by atoms with Gasteiger partial charge in [0.2, 0.25) is 5.95 Å². The number of hydrogen-bond acceptors (Lipinski definition) is 8. The number of nitrogens with one attached hydrogen (secondary N) is 3. The van der Waals surface area contributed by atoms with Gasteiger partial charge in [0.1, 0.15) is 10.8 Å². The van der Waals surface area contributed by atoms with Crippen molar-refractivity contribution in [1.82, 2.24) is 15.3 Å². The van der Waals surface area contributed by atoms with E-state index in [0.717, 1.165) is 30.5 Å². The summed E-state index contributed by atoms with van der Waals surface area (Å²) in [4.78, 5) is 9.18. The van der Waals surface area contributed by atoms with E-state index in [1.54, 1.807) is 38.1 Å². The van der Waals surface area contributed by atoms with E-state index in [9.17, 15) is 8.42 Å². The standard InChI is InChI=1S/C32H42ClN5O3S/c1-8-23-15-22(16-24(9-2)35-23)25-17-29(41-19(3)4)28(14-21(25)7)37-32-34-18-26(33)31(38-32)36-27-12-10-11-13-30(27)42(39,40)20(5)6/h10-15,17-20,23-24,35H,8-9,16H2,1-7H3,(H2,34,36,37,38)/t23-,24-/m1/s1. The summed E-state index contributed by atoms with van der Waals surface area (Å²) in [5, 5.41) is 9.82. The van der Waals surface area contributed by atoms with E-state index in [1.165, 1.54) is 17.3 Å². The summed E-state index contributed by atoms with van der Waals surface area (Å²) in [5.41, 5.74) is 4.75. The molecular formula is C32H42ClN5O3S. The van der Waals surface area contributed by atoms with Crippen LogP contribution < -0.4 is 20.7 Å². The molecule has 3 aromatic rings. The van der Waals surface area contributed by atoms with Crippen molar-refractivity contribution in [3.8, 4) is 5.75 Å². The summed E-state index contributed by atoms with van der Waals surface area (Å²) < 4.78 is 32.2. The third-order valence-electron chi connectivity index (χ3n) is 7.34. The van der Waals surface area contributed by atoms with Crippen LogP contribution in [-0.2, 0) is 9.84 Å². The second-order valence-corrected chi connectivity index (χ2v) is 14.1. The van der Waals surface area contributed by atoms with Crippen molar-refractivity contribution >= 4 is 50.2 Å². The van der Waals surface area contributed by atoms with Gasteiger partial charge in [-0.25, -0.2) is 13.4 Å². The molecule has 0 saturated carbocycles. The highest BCUT2D eigenvalue weighted by molar-refractivity contribution is 7.92. The number of aromatic nitrogens is 2. The number of sulfone groups is 1. The second-order valence-electron chi connectivity index (χ2n) is 11.2. The summed E-state index contributed by atoms with van der Waals surface area (Å²) in [6.45, 7) is 13.8. The molecule has 0 amide bonds. The average Bonchev–Trinajstić information content (AvgIpc) is 2.95. The first-order chi connectivity index (χ1) is 19.9. The Kier molecular flexibility index (Phi) is 10.2. The van der Waals surface area contributed by atoms with E-state index in [-0.39, 0.29) is 21.8 Å². The van der Waals surface area contributed by atoms with Gasteiger partial charge in [0.15, 0.2) is 15.7 Å². The Balaban J connectivity index is 1.69. The maximum Gasteiger partial charge on any atom is 0.229 e. The fourth-order valence-corrected chi connectivity index (χ4v) is 6.34.